The Morgan fingerprint density at radius 3 is 2.84 bits per heavy atom. The number of amides is 1. The van der Waals surface area contributed by atoms with E-state index in [1.165, 1.54) is 12.2 Å². The van der Waals surface area contributed by atoms with Gasteiger partial charge in [0, 0.05) is 23.1 Å². The molecule has 1 saturated heterocycles. The van der Waals surface area contributed by atoms with Crippen molar-refractivity contribution in [2.24, 2.45) is 0 Å². The summed E-state index contributed by atoms with van der Waals surface area (Å²) < 4.78 is 5.27. The van der Waals surface area contributed by atoms with Crippen molar-refractivity contribution in [2.75, 3.05) is 11.1 Å². The molecule has 0 aliphatic carbocycles. The Labute approximate surface area is 158 Å². The molecule has 2 atom stereocenters. The second-order valence-corrected chi connectivity index (χ2v) is 9.30. The predicted molar refractivity (Wildman–Crippen MR) is 107 cm³/mol. The number of ether oxygens (including phenoxy) is 1. The first-order valence-corrected chi connectivity index (χ1v) is 11.2. The average molecular weight is 382 g/mol. The summed E-state index contributed by atoms with van der Waals surface area (Å²) >= 11 is 0. The van der Waals surface area contributed by atoms with Crippen molar-refractivity contribution in [1.82, 2.24) is 0 Å². The van der Waals surface area contributed by atoms with Crippen LogP contribution in [0.3, 0.4) is 0 Å². The zero-order chi connectivity index (χ0) is 18.2. The van der Waals surface area contributed by atoms with Gasteiger partial charge in [-0.1, -0.05) is 40.1 Å². The topological polar surface area (TPSA) is 55.4 Å². The number of carbonyl (C=O) groups excluding carboxylic acids is 2. The van der Waals surface area contributed by atoms with E-state index in [-0.39, 0.29) is 11.9 Å². The highest BCUT2D eigenvalue weighted by atomic mass is 33.1. The molecule has 6 heteroatoms. The number of anilines is 1. The quantitative estimate of drug-likeness (QED) is 0.395. The van der Waals surface area contributed by atoms with Crippen LogP contribution in [0.2, 0.25) is 0 Å². The first-order chi connectivity index (χ1) is 12.0. The lowest BCUT2D eigenvalue weighted by atomic mass is 10.1. The van der Waals surface area contributed by atoms with Crippen LogP contribution in [0.25, 0.3) is 0 Å². The van der Waals surface area contributed by atoms with Gasteiger partial charge in [0.15, 0.2) is 6.10 Å². The minimum atomic E-state index is -0.783. The zero-order valence-corrected chi connectivity index (χ0v) is 16.8. The molecule has 1 N–H and O–H groups in total. The molecule has 0 radical (unpaired) electrons. The summed E-state index contributed by atoms with van der Waals surface area (Å²) in [4.78, 5) is 24.1. The van der Waals surface area contributed by atoms with Gasteiger partial charge in [0.2, 0.25) is 0 Å². The summed E-state index contributed by atoms with van der Waals surface area (Å²) in [7, 11) is 3.91. The van der Waals surface area contributed by atoms with Gasteiger partial charge >= 0.3 is 5.97 Å². The van der Waals surface area contributed by atoms with E-state index in [1.807, 2.05) is 53.6 Å². The number of hydrogen-bond acceptors (Lipinski definition) is 5. The van der Waals surface area contributed by atoms with Crippen LogP contribution in [0.15, 0.2) is 18.2 Å². The summed E-state index contributed by atoms with van der Waals surface area (Å²) in [6.45, 7) is 5.53. The van der Waals surface area contributed by atoms with Crippen molar-refractivity contribution in [2.45, 2.75) is 64.2 Å². The van der Waals surface area contributed by atoms with E-state index in [0.717, 1.165) is 41.3 Å². The number of aryl methyl sites for hydroxylation is 2. The van der Waals surface area contributed by atoms with Crippen LogP contribution >= 0.6 is 21.6 Å². The summed E-state index contributed by atoms with van der Waals surface area (Å²) in [5.41, 5.74) is 2.82. The molecule has 1 amide bonds. The van der Waals surface area contributed by atoms with Crippen LogP contribution < -0.4 is 5.32 Å². The fraction of sp³-hybridized carbons (Fsp3) is 0.579. The molecule has 1 aromatic rings. The van der Waals surface area contributed by atoms with Crippen LogP contribution in [0.4, 0.5) is 5.69 Å². The maximum atomic E-state index is 12.2. The molecule has 0 saturated carbocycles. The Morgan fingerprint density at radius 1 is 1.32 bits per heavy atom. The first kappa shape index (κ1) is 20.2. The minimum Gasteiger partial charge on any atom is -0.453 e. The molecule has 0 unspecified atom stereocenters. The molecule has 0 bridgehead atoms. The number of nitrogens with one attached hydrogen (secondary N) is 1. The summed E-state index contributed by atoms with van der Waals surface area (Å²) in [6.07, 6.45) is 3.89. The Balaban J connectivity index is 1.68. The minimum absolute atomic E-state index is 0.290. The SMILES string of the molecule is Cc1ccc(C)c(NC(=O)[C@H](C)OC(=O)CCCC[C@H]2CCSS2)c1. The van der Waals surface area contributed by atoms with Gasteiger partial charge in [-0.2, -0.15) is 0 Å². The first-order valence-electron chi connectivity index (χ1n) is 8.81. The average Bonchev–Trinajstić information content (AvgIpc) is 3.08. The van der Waals surface area contributed by atoms with Gasteiger partial charge in [-0.25, -0.2) is 0 Å². The lowest BCUT2D eigenvalue weighted by Crippen LogP contribution is -2.30. The monoisotopic (exact) mass is 381 g/mol. The smallest absolute Gasteiger partial charge is 0.306 e. The zero-order valence-electron chi connectivity index (χ0n) is 15.2. The highest BCUT2D eigenvalue weighted by Crippen LogP contribution is 2.39. The van der Waals surface area contributed by atoms with E-state index in [9.17, 15) is 9.59 Å². The molecule has 1 aliphatic heterocycles. The molecule has 1 aliphatic rings. The third kappa shape index (κ3) is 6.94. The second-order valence-electron chi connectivity index (χ2n) is 6.51. The highest BCUT2D eigenvalue weighted by Gasteiger charge is 2.19. The molecular formula is C19H27NO3S2. The largest absolute Gasteiger partial charge is 0.453 e. The standard InChI is InChI=1S/C19H27NO3S2/c1-13-8-9-14(2)17(12-13)20-19(22)15(3)23-18(21)7-5-4-6-16-10-11-24-25-16/h8-9,12,15-16H,4-7,10-11H2,1-3H3,(H,20,22)/t15-,16-/m0/s1. The van der Waals surface area contributed by atoms with E-state index in [4.69, 9.17) is 4.74 Å². The number of benzene rings is 1. The van der Waals surface area contributed by atoms with Crippen molar-refractivity contribution < 1.29 is 14.3 Å². The molecule has 1 aromatic carbocycles. The van der Waals surface area contributed by atoms with E-state index < -0.39 is 6.10 Å². The molecule has 138 valence electrons. The second kappa shape index (κ2) is 10.1. The Bertz CT molecular complexity index is 600. The number of rotatable bonds is 8. The normalized spacial score (nSPS) is 18.0. The van der Waals surface area contributed by atoms with Crippen LogP contribution in [0.5, 0.6) is 0 Å². The van der Waals surface area contributed by atoms with Gasteiger partial charge in [-0.3, -0.25) is 9.59 Å². The Morgan fingerprint density at radius 2 is 2.12 bits per heavy atom. The third-order valence-electron chi connectivity index (χ3n) is 4.21. The van der Waals surface area contributed by atoms with E-state index in [0.29, 0.717) is 6.42 Å². The van der Waals surface area contributed by atoms with E-state index in [1.54, 1.807) is 6.92 Å². The van der Waals surface area contributed by atoms with Crippen LogP contribution in [0.1, 0.15) is 50.2 Å². The van der Waals surface area contributed by atoms with Crippen molar-refractivity contribution >= 4 is 39.2 Å². The summed E-state index contributed by atoms with van der Waals surface area (Å²) in [5, 5.41) is 3.58. The molecule has 25 heavy (non-hydrogen) atoms. The summed E-state index contributed by atoms with van der Waals surface area (Å²) in [5.74, 6) is 0.656. The molecule has 2 rings (SSSR count). The van der Waals surface area contributed by atoms with Crippen LogP contribution in [-0.2, 0) is 14.3 Å². The summed E-state index contributed by atoms with van der Waals surface area (Å²) in [6, 6.07) is 5.88. The third-order valence-corrected chi connectivity index (χ3v) is 7.22. The van der Waals surface area contributed by atoms with Crippen LogP contribution in [0, 0.1) is 13.8 Å². The van der Waals surface area contributed by atoms with Gasteiger partial charge in [0.1, 0.15) is 0 Å². The molecule has 1 fully saturated rings. The van der Waals surface area contributed by atoms with Gasteiger partial charge < -0.3 is 10.1 Å². The number of unbranched alkanes of at least 4 members (excludes halogenated alkanes) is 1. The van der Waals surface area contributed by atoms with Crippen LogP contribution in [-0.4, -0.2) is 29.0 Å². The van der Waals surface area contributed by atoms with Gasteiger partial charge in [0.05, 0.1) is 0 Å². The van der Waals surface area contributed by atoms with Gasteiger partial charge in [-0.15, -0.1) is 0 Å². The molecule has 0 aromatic heterocycles. The molecular weight excluding hydrogens is 354 g/mol. The lowest BCUT2D eigenvalue weighted by Gasteiger charge is -2.15. The Kier molecular flexibility index (Phi) is 8.16. The van der Waals surface area contributed by atoms with Crippen molar-refractivity contribution in [3.05, 3.63) is 29.3 Å². The fourth-order valence-electron chi connectivity index (χ4n) is 2.62. The highest BCUT2D eigenvalue weighted by molar-refractivity contribution is 8.77. The maximum absolute atomic E-state index is 12.2. The lowest BCUT2D eigenvalue weighted by molar-refractivity contribution is -0.153. The van der Waals surface area contributed by atoms with Gasteiger partial charge in [0.25, 0.3) is 5.91 Å². The van der Waals surface area contributed by atoms with Crippen molar-refractivity contribution in [3.63, 3.8) is 0 Å². The van der Waals surface area contributed by atoms with E-state index >= 15 is 0 Å². The predicted octanol–water partition coefficient (Wildman–Crippen LogP) is 4.89. The fourth-order valence-corrected chi connectivity index (χ4v) is 5.65. The molecule has 0 spiro atoms. The van der Waals surface area contributed by atoms with Gasteiger partial charge in [-0.05, 0) is 57.2 Å². The van der Waals surface area contributed by atoms with Crippen molar-refractivity contribution in [1.29, 1.82) is 0 Å². The van der Waals surface area contributed by atoms with E-state index in [2.05, 4.69) is 5.32 Å². The maximum Gasteiger partial charge on any atom is 0.306 e. The number of hydrogen-bond donors (Lipinski definition) is 1. The molecule has 1 heterocycles. The number of carbonyl (C=O) groups is 2. The molecule has 4 nitrogen and oxygen atoms in total. The Hall–Kier alpha value is -1.14. The van der Waals surface area contributed by atoms with Crippen molar-refractivity contribution in [3.8, 4) is 0 Å². The number of esters is 1.